The summed E-state index contributed by atoms with van der Waals surface area (Å²) in [7, 11) is 0. The first-order chi connectivity index (χ1) is 3.89. The SMILES string of the molecule is [Cl-].[OH+]=c1cccccc1. The minimum absolute atomic E-state index is 0. The Bertz CT molecular complexity index is 200. The van der Waals surface area contributed by atoms with Gasteiger partial charge in [-0.1, -0.05) is 24.3 Å². The van der Waals surface area contributed by atoms with Crippen molar-refractivity contribution in [2.75, 3.05) is 0 Å². The van der Waals surface area contributed by atoms with E-state index >= 15 is 0 Å². The van der Waals surface area contributed by atoms with E-state index in [1.165, 1.54) is 0 Å². The van der Waals surface area contributed by atoms with Crippen molar-refractivity contribution in [1.29, 1.82) is 0 Å². The molecule has 0 saturated carbocycles. The molecule has 0 radical (unpaired) electrons. The molecule has 0 fully saturated rings. The fourth-order valence-electron chi connectivity index (χ4n) is 0.492. The van der Waals surface area contributed by atoms with Crippen LogP contribution in [-0.2, 0) is 0 Å². The highest BCUT2D eigenvalue weighted by Crippen LogP contribution is 1.73. The van der Waals surface area contributed by atoms with Gasteiger partial charge in [-0.25, -0.2) is 0 Å². The van der Waals surface area contributed by atoms with Crippen LogP contribution >= 0.6 is 0 Å². The molecule has 1 nitrogen and oxygen atoms in total. The minimum Gasteiger partial charge on any atom is -1.00 e. The highest BCUT2D eigenvalue weighted by molar-refractivity contribution is 4.97. The highest BCUT2D eigenvalue weighted by atomic mass is 35.5. The summed E-state index contributed by atoms with van der Waals surface area (Å²) < 4.78 is 0. The van der Waals surface area contributed by atoms with Gasteiger partial charge in [-0.3, -0.25) is 4.79 Å². The van der Waals surface area contributed by atoms with Crippen molar-refractivity contribution in [3.63, 3.8) is 0 Å². The molecule has 9 heavy (non-hydrogen) atoms. The van der Waals surface area contributed by atoms with Crippen LogP contribution in [0.25, 0.3) is 0 Å². The molecule has 0 aliphatic carbocycles. The van der Waals surface area contributed by atoms with Gasteiger partial charge >= 0.3 is 5.43 Å². The van der Waals surface area contributed by atoms with E-state index in [2.05, 4.69) is 0 Å². The van der Waals surface area contributed by atoms with Crippen LogP contribution in [0.4, 0.5) is 0 Å². The average Bonchev–Trinajstić information content (AvgIpc) is 1.94. The predicted octanol–water partition coefficient (Wildman–Crippen LogP) is -2.30. The van der Waals surface area contributed by atoms with E-state index < -0.39 is 0 Å². The zero-order valence-corrected chi connectivity index (χ0v) is 5.55. The Kier molecular flexibility index (Phi) is 3.72. The van der Waals surface area contributed by atoms with E-state index in [9.17, 15) is 0 Å². The molecule has 0 aliphatic heterocycles. The molecule has 0 unspecified atom stereocenters. The van der Waals surface area contributed by atoms with Gasteiger partial charge in [0.2, 0.25) is 0 Å². The fourth-order valence-corrected chi connectivity index (χ4v) is 0.492. The van der Waals surface area contributed by atoms with Gasteiger partial charge < -0.3 is 12.4 Å². The van der Waals surface area contributed by atoms with Crippen molar-refractivity contribution >= 4 is 0 Å². The van der Waals surface area contributed by atoms with Gasteiger partial charge in [-0.15, -0.1) is 0 Å². The largest absolute Gasteiger partial charge is 1.00 e. The standard InChI is InChI=1S/C7H6O.ClH/c8-7-5-3-1-2-4-6-7;/h1-6H;1H. The van der Waals surface area contributed by atoms with Crippen LogP contribution in [0.5, 0.6) is 0 Å². The van der Waals surface area contributed by atoms with E-state index in [-0.39, 0.29) is 12.4 Å². The van der Waals surface area contributed by atoms with Crippen molar-refractivity contribution in [1.82, 2.24) is 0 Å². The number of rotatable bonds is 0. The average molecular weight is 143 g/mol. The molecular weight excluding hydrogens is 136 g/mol. The monoisotopic (exact) mass is 142 g/mol. The summed E-state index contributed by atoms with van der Waals surface area (Å²) in [6.45, 7) is 0. The van der Waals surface area contributed by atoms with Crippen LogP contribution in [0, 0.1) is 0 Å². The van der Waals surface area contributed by atoms with Gasteiger partial charge in [0.15, 0.2) is 0 Å². The van der Waals surface area contributed by atoms with Crippen LogP contribution in [0.2, 0.25) is 0 Å². The summed E-state index contributed by atoms with van der Waals surface area (Å²) >= 11 is 0. The summed E-state index contributed by atoms with van der Waals surface area (Å²) in [4.78, 5) is 8.79. The summed E-state index contributed by atoms with van der Waals surface area (Å²) in [5.41, 5.74) is 0.301. The third-order valence-corrected chi connectivity index (χ3v) is 0.867. The first-order valence-corrected chi connectivity index (χ1v) is 2.47. The third-order valence-electron chi connectivity index (χ3n) is 0.867. The van der Waals surface area contributed by atoms with Crippen molar-refractivity contribution in [2.24, 2.45) is 0 Å². The van der Waals surface area contributed by atoms with E-state index in [0.29, 0.717) is 5.43 Å². The molecule has 0 aromatic heterocycles. The zero-order valence-electron chi connectivity index (χ0n) is 4.79. The Morgan fingerprint density at radius 2 is 1.33 bits per heavy atom. The molecule has 0 saturated heterocycles. The summed E-state index contributed by atoms with van der Waals surface area (Å²) in [6, 6.07) is 10.6. The lowest BCUT2D eigenvalue weighted by Crippen LogP contribution is -3.00. The highest BCUT2D eigenvalue weighted by Gasteiger charge is 1.76. The smallest absolute Gasteiger partial charge is 0.340 e. The van der Waals surface area contributed by atoms with Gasteiger partial charge in [0.05, 0.1) is 0 Å². The second-order valence-electron chi connectivity index (χ2n) is 1.53. The van der Waals surface area contributed by atoms with Crippen LogP contribution in [0.15, 0.2) is 36.4 Å². The molecule has 0 atom stereocenters. The molecule has 0 bridgehead atoms. The summed E-state index contributed by atoms with van der Waals surface area (Å²) in [5.74, 6) is 0. The molecular formula is C7H7ClO. The first-order valence-electron chi connectivity index (χ1n) is 2.47. The van der Waals surface area contributed by atoms with Gasteiger partial charge in [-0.2, -0.15) is 0 Å². The molecule has 0 spiro atoms. The van der Waals surface area contributed by atoms with Crippen LogP contribution in [0.1, 0.15) is 0 Å². The lowest BCUT2D eigenvalue weighted by Gasteiger charge is -1.52. The van der Waals surface area contributed by atoms with Gasteiger partial charge in [0.25, 0.3) is 0 Å². The topological polar surface area (TPSA) is 21.4 Å². The Balaban J connectivity index is 0.000000640. The predicted molar refractivity (Wildman–Crippen MR) is 31.5 cm³/mol. The van der Waals surface area contributed by atoms with Crippen molar-refractivity contribution in [3.8, 4) is 0 Å². The fraction of sp³-hybridized carbons (Fsp3) is 0. The molecule has 0 heterocycles. The Morgan fingerprint density at radius 1 is 0.889 bits per heavy atom. The second kappa shape index (κ2) is 4.10. The number of hydrogen-bond acceptors (Lipinski definition) is 0. The molecule has 1 N–H and O–H groups in total. The quantitative estimate of drug-likeness (QED) is 0.364. The van der Waals surface area contributed by atoms with E-state index in [1.807, 2.05) is 12.1 Å². The van der Waals surface area contributed by atoms with Gasteiger partial charge in [0.1, 0.15) is 0 Å². The lowest BCUT2D eigenvalue weighted by molar-refractivity contribution is -0.00000253. The maximum Gasteiger partial charge on any atom is 0.340 e. The van der Waals surface area contributed by atoms with Crippen molar-refractivity contribution < 1.29 is 17.2 Å². The minimum atomic E-state index is 0. The first kappa shape index (κ1) is 8.18. The Labute approximate surface area is 59.8 Å². The molecule has 0 amide bonds. The Morgan fingerprint density at radius 3 is 1.78 bits per heavy atom. The van der Waals surface area contributed by atoms with E-state index in [0.717, 1.165) is 0 Å². The van der Waals surface area contributed by atoms with Crippen LogP contribution < -0.4 is 17.8 Å². The zero-order chi connectivity index (χ0) is 5.82. The molecule has 0 aliphatic rings. The molecule has 1 aromatic rings. The van der Waals surface area contributed by atoms with Gasteiger partial charge in [-0.05, 0) is 0 Å². The maximum atomic E-state index is 8.79. The van der Waals surface area contributed by atoms with Gasteiger partial charge in [0, 0.05) is 12.1 Å². The normalized spacial score (nSPS) is 7.56. The lowest BCUT2D eigenvalue weighted by atomic mass is 10.5. The maximum absolute atomic E-state index is 8.79. The third kappa shape index (κ3) is 2.88. The van der Waals surface area contributed by atoms with E-state index in [4.69, 9.17) is 4.79 Å². The molecule has 1 rings (SSSR count). The number of hydrogen-bond donors (Lipinski definition) is 0. The van der Waals surface area contributed by atoms with Crippen LogP contribution in [0.3, 0.4) is 0 Å². The molecule has 2 heteroatoms. The Hall–Kier alpha value is -0.820. The van der Waals surface area contributed by atoms with E-state index in [1.54, 1.807) is 24.3 Å². The van der Waals surface area contributed by atoms with Crippen molar-refractivity contribution in [3.05, 3.63) is 41.8 Å². The summed E-state index contributed by atoms with van der Waals surface area (Å²) in [6.07, 6.45) is 0. The molecule has 1 aromatic carbocycles. The van der Waals surface area contributed by atoms with Crippen LogP contribution in [-0.4, -0.2) is 4.79 Å². The summed E-state index contributed by atoms with van der Waals surface area (Å²) in [5, 5.41) is 0. The second-order valence-corrected chi connectivity index (χ2v) is 1.53. The molecule has 48 valence electrons. The van der Waals surface area contributed by atoms with Crippen molar-refractivity contribution in [2.45, 2.75) is 0 Å². The number of halogens is 1.